The first-order chi connectivity index (χ1) is 15.6. The molecule has 0 aromatic carbocycles. The molecule has 3 N–H and O–H groups in total. The first-order valence-electron chi connectivity index (χ1n) is 11.2. The highest BCUT2D eigenvalue weighted by atomic mass is 16.5. The molecular weight excluding hydrogens is 408 g/mol. The van der Waals surface area contributed by atoms with Gasteiger partial charge in [0.1, 0.15) is 11.8 Å². The predicted molar refractivity (Wildman–Crippen MR) is 119 cm³/mol. The summed E-state index contributed by atoms with van der Waals surface area (Å²) in [5, 5.41) is 7.52. The molecule has 168 valence electrons. The normalized spacial score (nSPS) is 20.9. The van der Waals surface area contributed by atoms with Crippen molar-refractivity contribution < 1.29 is 14.3 Å². The van der Waals surface area contributed by atoms with Crippen molar-refractivity contribution >= 4 is 17.2 Å². The fraction of sp³-hybridized carbons (Fsp3) is 0.478. The molecule has 2 aliphatic carbocycles. The summed E-state index contributed by atoms with van der Waals surface area (Å²) in [7, 11) is 1.56. The van der Waals surface area contributed by atoms with Crippen molar-refractivity contribution in [2.75, 3.05) is 19.5 Å². The molecule has 0 atom stereocenters. The quantitative estimate of drug-likeness (QED) is 0.585. The number of fused-ring (bicyclic) bond motifs is 1. The Balaban J connectivity index is 1.35. The van der Waals surface area contributed by atoms with Crippen LogP contribution in [0, 0.1) is 5.92 Å². The minimum atomic E-state index is -0.168. The number of carbonyl (C=O) groups excluding carboxylic acids is 1. The highest BCUT2D eigenvalue weighted by Crippen LogP contribution is 2.32. The zero-order chi connectivity index (χ0) is 22.1. The van der Waals surface area contributed by atoms with E-state index in [9.17, 15) is 4.79 Å². The molecule has 32 heavy (non-hydrogen) atoms. The standard InChI is InChI=1S/C23H28N6O3/c1-31-20-10-15(8-9-25-20)19-11-18(21-22(24)26-13-27-29(19)21)23(30)28-16-4-6-17(7-5-16)32-12-14-2-3-14/h8-11,13-14,16-17H,2-7,12H2,1H3,(H,28,30)(H2,24,26,27). The zero-order valence-electron chi connectivity index (χ0n) is 18.2. The molecule has 2 saturated carbocycles. The number of methoxy groups -OCH3 is 1. The SMILES string of the molecule is COc1cc(-c2cc(C(=O)NC3CCC(OCC4CC4)CC3)c3c(N)ncnn23)ccn1. The zero-order valence-corrected chi connectivity index (χ0v) is 18.2. The van der Waals surface area contributed by atoms with Gasteiger partial charge < -0.3 is 20.5 Å². The largest absolute Gasteiger partial charge is 0.481 e. The third kappa shape index (κ3) is 4.25. The Morgan fingerprint density at radius 1 is 1.19 bits per heavy atom. The number of pyridine rings is 1. The van der Waals surface area contributed by atoms with Crippen molar-refractivity contribution in [3.8, 4) is 17.1 Å². The van der Waals surface area contributed by atoms with Gasteiger partial charge in [-0.3, -0.25) is 4.79 Å². The van der Waals surface area contributed by atoms with Crippen LogP contribution in [0.3, 0.4) is 0 Å². The lowest BCUT2D eigenvalue weighted by Crippen LogP contribution is -2.39. The summed E-state index contributed by atoms with van der Waals surface area (Å²) in [5.41, 5.74) is 8.64. The van der Waals surface area contributed by atoms with Crippen molar-refractivity contribution in [3.05, 3.63) is 36.3 Å². The molecular formula is C23H28N6O3. The average molecular weight is 437 g/mol. The van der Waals surface area contributed by atoms with Gasteiger partial charge in [-0.05, 0) is 56.6 Å². The van der Waals surface area contributed by atoms with E-state index >= 15 is 0 Å². The van der Waals surface area contributed by atoms with Crippen molar-refractivity contribution in [3.63, 3.8) is 0 Å². The van der Waals surface area contributed by atoms with Crippen molar-refractivity contribution in [1.82, 2.24) is 24.9 Å². The molecule has 0 bridgehead atoms. The van der Waals surface area contributed by atoms with Crippen LogP contribution >= 0.6 is 0 Å². The molecule has 0 unspecified atom stereocenters. The third-order valence-corrected chi connectivity index (χ3v) is 6.34. The maximum absolute atomic E-state index is 13.2. The molecule has 3 heterocycles. The number of rotatable bonds is 7. The topological polar surface area (TPSA) is 117 Å². The van der Waals surface area contributed by atoms with Gasteiger partial charge in [0.05, 0.1) is 24.5 Å². The second-order valence-electron chi connectivity index (χ2n) is 8.66. The molecule has 2 aliphatic rings. The predicted octanol–water partition coefficient (Wildman–Crippen LogP) is 2.85. The first-order valence-corrected chi connectivity index (χ1v) is 11.2. The van der Waals surface area contributed by atoms with Gasteiger partial charge in [-0.15, -0.1) is 0 Å². The number of anilines is 1. The Hall–Kier alpha value is -3.20. The van der Waals surface area contributed by atoms with E-state index in [4.69, 9.17) is 15.2 Å². The van der Waals surface area contributed by atoms with Crippen molar-refractivity contribution in [2.45, 2.75) is 50.7 Å². The van der Waals surface area contributed by atoms with Crippen molar-refractivity contribution in [1.29, 1.82) is 0 Å². The summed E-state index contributed by atoms with van der Waals surface area (Å²) in [4.78, 5) is 21.5. The number of ether oxygens (including phenoxy) is 2. The smallest absolute Gasteiger partial charge is 0.253 e. The van der Waals surface area contributed by atoms with Gasteiger partial charge in [0, 0.05) is 30.5 Å². The molecule has 2 fully saturated rings. The van der Waals surface area contributed by atoms with Crippen LogP contribution in [0.5, 0.6) is 5.88 Å². The minimum absolute atomic E-state index is 0.119. The molecule has 0 radical (unpaired) electrons. The number of nitrogen functional groups attached to an aromatic ring is 1. The molecule has 3 aromatic heterocycles. The van der Waals surface area contributed by atoms with Crippen LogP contribution in [0.1, 0.15) is 48.9 Å². The number of carbonyl (C=O) groups is 1. The second kappa shape index (κ2) is 8.74. The summed E-state index contributed by atoms with van der Waals surface area (Å²) in [6.07, 6.45) is 9.73. The number of nitrogens with one attached hydrogen (secondary N) is 1. The number of hydrogen-bond acceptors (Lipinski definition) is 7. The van der Waals surface area contributed by atoms with Crippen LogP contribution in [0.2, 0.25) is 0 Å². The highest BCUT2D eigenvalue weighted by molar-refractivity contribution is 6.05. The second-order valence-corrected chi connectivity index (χ2v) is 8.66. The summed E-state index contributed by atoms with van der Waals surface area (Å²) in [6, 6.07) is 5.56. The third-order valence-electron chi connectivity index (χ3n) is 6.34. The number of amides is 1. The molecule has 9 heteroatoms. The Morgan fingerprint density at radius 3 is 2.75 bits per heavy atom. The van der Waals surface area contributed by atoms with E-state index in [-0.39, 0.29) is 17.8 Å². The van der Waals surface area contributed by atoms with Gasteiger partial charge in [0.25, 0.3) is 5.91 Å². The van der Waals surface area contributed by atoms with Crippen LogP contribution in [0.4, 0.5) is 5.82 Å². The highest BCUT2D eigenvalue weighted by Gasteiger charge is 2.28. The van der Waals surface area contributed by atoms with Gasteiger partial charge in [-0.25, -0.2) is 14.5 Å². The van der Waals surface area contributed by atoms with Crippen LogP contribution < -0.4 is 15.8 Å². The summed E-state index contributed by atoms with van der Waals surface area (Å²) >= 11 is 0. The van der Waals surface area contributed by atoms with E-state index in [1.165, 1.54) is 19.2 Å². The Labute approximate surface area is 186 Å². The lowest BCUT2D eigenvalue weighted by Gasteiger charge is -2.29. The van der Waals surface area contributed by atoms with Crippen molar-refractivity contribution in [2.24, 2.45) is 5.92 Å². The number of nitrogens with two attached hydrogens (primary N) is 1. The van der Waals surface area contributed by atoms with Gasteiger partial charge in [-0.2, -0.15) is 5.10 Å². The van der Waals surface area contributed by atoms with Crippen LogP contribution in [0.25, 0.3) is 16.8 Å². The molecule has 3 aromatic rings. The number of nitrogens with zero attached hydrogens (tertiary/aromatic N) is 4. The van der Waals surface area contributed by atoms with Gasteiger partial charge in [0.15, 0.2) is 5.82 Å². The monoisotopic (exact) mass is 436 g/mol. The van der Waals surface area contributed by atoms with Gasteiger partial charge >= 0.3 is 0 Å². The molecule has 0 aliphatic heterocycles. The summed E-state index contributed by atoms with van der Waals surface area (Å²) in [6.45, 7) is 0.889. The average Bonchev–Trinajstić information content (AvgIpc) is 3.56. The minimum Gasteiger partial charge on any atom is -0.481 e. The Morgan fingerprint density at radius 2 is 2.00 bits per heavy atom. The molecule has 5 rings (SSSR count). The molecule has 0 spiro atoms. The van der Waals surface area contributed by atoms with E-state index in [0.717, 1.165) is 49.5 Å². The molecule has 0 saturated heterocycles. The van der Waals surface area contributed by atoms with Crippen LogP contribution in [-0.4, -0.2) is 51.4 Å². The maximum Gasteiger partial charge on any atom is 0.253 e. The lowest BCUT2D eigenvalue weighted by atomic mass is 9.92. The van der Waals surface area contributed by atoms with Gasteiger partial charge in [-0.1, -0.05) is 0 Å². The van der Waals surface area contributed by atoms with E-state index in [1.54, 1.807) is 30.0 Å². The summed E-state index contributed by atoms with van der Waals surface area (Å²) < 4.78 is 12.9. The number of hydrogen-bond donors (Lipinski definition) is 2. The molecule has 9 nitrogen and oxygen atoms in total. The maximum atomic E-state index is 13.2. The van der Waals surface area contributed by atoms with Gasteiger partial charge in [0.2, 0.25) is 5.88 Å². The molecule has 1 amide bonds. The first kappa shape index (κ1) is 20.7. The fourth-order valence-corrected chi connectivity index (χ4v) is 4.32. The van der Waals surface area contributed by atoms with E-state index in [2.05, 4.69) is 20.4 Å². The Kier molecular flexibility index (Phi) is 5.65. The fourth-order valence-electron chi connectivity index (χ4n) is 4.32. The van der Waals surface area contributed by atoms with E-state index in [1.807, 2.05) is 6.07 Å². The summed E-state index contributed by atoms with van der Waals surface area (Å²) in [5.74, 6) is 1.34. The van der Waals surface area contributed by atoms with Crippen LogP contribution in [0.15, 0.2) is 30.7 Å². The van der Waals surface area contributed by atoms with E-state index < -0.39 is 0 Å². The Bertz CT molecular complexity index is 1120. The van der Waals surface area contributed by atoms with E-state index in [0.29, 0.717) is 23.1 Å². The van der Waals surface area contributed by atoms with Crippen LogP contribution in [-0.2, 0) is 4.74 Å². The number of aromatic nitrogens is 4. The lowest BCUT2D eigenvalue weighted by molar-refractivity contribution is 0.0165.